The van der Waals surface area contributed by atoms with Crippen LogP contribution in [0, 0.1) is 11.6 Å². The van der Waals surface area contributed by atoms with E-state index in [0.717, 1.165) is 23.8 Å². The summed E-state index contributed by atoms with van der Waals surface area (Å²) in [4.78, 5) is 0. The van der Waals surface area contributed by atoms with E-state index in [2.05, 4.69) is 0 Å². The summed E-state index contributed by atoms with van der Waals surface area (Å²) in [5.74, 6) is -1.90. The molecule has 0 amide bonds. The summed E-state index contributed by atoms with van der Waals surface area (Å²) in [5, 5.41) is 0. The second kappa shape index (κ2) is 6.19. The molecule has 0 heterocycles. The summed E-state index contributed by atoms with van der Waals surface area (Å²) >= 11 is 0. The molecule has 0 radical (unpaired) electrons. The highest BCUT2D eigenvalue weighted by atomic mass is 32.2. The molecule has 112 valence electrons. The van der Waals surface area contributed by atoms with E-state index in [1.807, 2.05) is 4.72 Å². The molecule has 0 spiro atoms. The number of rotatable bonds is 5. The fraction of sp³-hybridized carbons (Fsp3) is 0.143. The molecule has 0 saturated heterocycles. The van der Waals surface area contributed by atoms with Crippen LogP contribution in [-0.4, -0.2) is 8.42 Å². The van der Waals surface area contributed by atoms with E-state index in [9.17, 15) is 17.2 Å². The Morgan fingerprint density at radius 2 is 1.62 bits per heavy atom. The Morgan fingerprint density at radius 1 is 1.00 bits per heavy atom. The van der Waals surface area contributed by atoms with Crippen LogP contribution in [0.5, 0.6) is 0 Å². The van der Waals surface area contributed by atoms with Gasteiger partial charge in [0, 0.05) is 12.6 Å². The minimum absolute atomic E-state index is 0.339. The van der Waals surface area contributed by atoms with Crippen LogP contribution in [0.2, 0.25) is 0 Å². The Morgan fingerprint density at radius 3 is 2.24 bits per heavy atom. The zero-order valence-corrected chi connectivity index (χ0v) is 11.8. The fourth-order valence-electron chi connectivity index (χ4n) is 1.77. The van der Waals surface area contributed by atoms with Gasteiger partial charge in [-0.2, -0.15) is 0 Å². The lowest BCUT2D eigenvalue weighted by atomic mass is 10.1. The number of anilines is 1. The van der Waals surface area contributed by atoms with Crippen molar-refractivity contribution < 1.29 is 17.2 Å². The van der Waals surface area contributed by atoms with E-state index in [1.54, 1.807) is 24.3 Å². The molecule has 4 nitrogen and oxygen atoms in total. The van der Waals surface area contributed by atoms with Gasteiger partial charge in [-0.1, -0.05) is 24.3 Å². The maximum atomic E-state index is 13.4. The first-order chi connectivity index (χ1) is 9.89. The molecular formula is C14H14F2N2O2S. The summed E-state index contributed by atoms with van der Waals surface area (Å²) in [6.45, 7) is 0.361. The van der Waals surface area contributed by atoms with Crippen molar-refractivity contribution in [2.75, 3.05) is 4.72 Å². The van der Waals surface area contributed by atoms with Gasteiger partial charge >= 0.3 is 0 Å². The van der Waals surface area contributed by atoms with Gasteiger partial charge < -0.3 is 5.73 Å². The number of nitrogens with two attached hydrogens (primary N) is 1. The average Bonchev–Trinajstić information content (AvgIpc) is 2.43. The van der Waals surface area contributed by atoms with Gasteiger partial charge in [-0.05, 0) is 23.3 Å². The topological polar surface area (TPSA) is 72.2 Å². The van der Waals surface area contributed by atoms with Crippen molar-refractivity contribution in [3.8, 4) is 0 Å². The number of hydrogen-bond donors (Lipinski definition) is 2. The summed E-state index contributed by atoms with van der Waals surface area (Å²) in [6, 6.07) is 9.26. The standard InChI is InChI=1S/C14H14F2N2O2S/c15-12-5-6-13(16)14(7-12)18-21(19,20)9-11-3-1-10(8-17)2-4-11/h1-7,18H,8-9,17H2. The monoisotopic (exact) mass is 312 g/mol. The SMILES string of the molecule is NCc1ccc(CS(=O)(=O)Nc2cc(F)ccc2F)cc1. The third kappa shape index (κ3) is 4.24. The van der Waals surface area contributed by atoms with E-state index in [-0.39, 0.29) is 5.75 Å². The highest BCUT2D eigenvalue weighted by Gasteiger charge is 2.15. The zero-order chi connectivity index (χ0) is 15.5. The molecule has 0 aliphatic heterocycles. The Balaban J connectivity index is 2.16. The van der Waals surface area contributed by atoms with Gasteiger partial charge in [0.25, 0.3) is 0 Å². The van der Waals surface area contributed by atoms with Gasteiger partial charge in [-0.25, -0.2) is 17.2 Å². The normalized spacial score (nSPS) is 11.4. The second-order valence-electron chi connectivity index (χ2n) is 4.51. The van der Waals surface area contributed by atoms with Crippen LogP contribution < -0.4 is 10.5 Å². The van der Waals surface area contributed by atoms with Crippen LogP contribution in [0.15, 0.2) is 42.5 Å². The highest BCUT2D eigenvalue weighted by Crippen LogP contribution is 2.18. The van der Waals surface area contributed by atoms with Gasteiger partial charge in [0.1, 0.15) is 11.6 Å². The quantitative estimate of drug-likeness (QED) is 0.890. The molecule has 0 bridgehead atoms. The lowest BCUT2D eigenvalue weighted by Gasteiger charge is -2.09. The van der Waals surface area contributed by atoms with Crippen LogP contribution in [0.1, 0.15) is 11.1 Å². The summed E-state index contributed by atoms with van der Waals surface area (Å²) in [5.41, 5.74) is 6.44. The maximum absolute atomic E-state index is 13.4. The van der Waals surface area contributed by atoms with Gasteiger partial charge in [0.05, 0.1) is 11.4 Å². The van der Waals surface area contributed by atoms with E-state index in [1.165, 1.54) is 0 Å². The molecule has 0 aliphatic rings. The minimum atomic E-state index is -3.83. The van der Waals surface area contributed by atoms with Crippen molar-refractivity contribution in [2.24, 2.45) is 5.73 Å². The molecule has 0 saturated carbocycles. The predicted octanol–water partition coefficient (Wildman–Crippen LogP) is 2.37. The van der Waals surface area contributed by atoms with Gasteiger partial charge in [0.15, 0.2) is 0 Å². The molecule has 0 unspecified atom stereocenters. The highest BCUT2D eigenvalue weighted by molar-refractivity contribution is 7.91. The van der Waals surface area contributed by atoms with Crippen molar-refractivity contribution >= 4 is 15.7 Å². The van der Waals surface area contributed by atoms with E-state index in [4.69, 9.17) is 5.73 Å². The summed E-state index contributed by atoms with van der Waals surface area (Å²) in [6.07, 6.45) is 0. The largest absolute Gasteiger partial charge is 0.326 e. The molecule has 0 atom stereocenters. The van der Waals surface area contributed by atoms with Crippen LogP contribution >= 0.6 is 0 Å². The van der Waals surface area contributed by atoms with Crippen molar-refractivity contribution in [3.63, 3.8) is 0 Å². The average molecular weight is 312 g/mol. The Hall–Kier alpha value is -1.99. The Kier molecular flexibility index (Phi) is 4.54. The molecule has 3 N–H and O–H groups in total. The van der Waals surface area contributed by atoms with Crippen LogP contribution in [-0.2, 0) is 22.3 Å². The number of sulfonamides is 1. The van der Waals surface area contributed by atoms with Crippen LogP contribution in [0.4, 0.5) is 14.5 Å². The van der Waals surface area contributed by atoms with Gasteiger partial charge in [-0.3, -0.25) is 4.72 Å². The fourth-order valence-corrected chi connectivity index (χ4v) is 2.97. The number of hydrogen-bond acceptors (Lipinski definition) is 3. The summed E-state index contributed by atoms with van der Waals surface area (Å²) in [7, 11) is -3.83. The molecule has 2 aromatic carbocycles. The van der Waals surface area contributed by atoms with Crippen molar-refractivity contribution in [3.05, 3.63) is 65.2 Å². The zero-order valence-electron chi connectivity index (χ0n) is 11.0. The summed E-state index contributed by atoms with van der Waals surface area (Å²) < 4.78 is 52.4. The molecule has 2 rings (SSSR count). The van der Waals surface area contributed by atoms with Crippen LogP contribution in [0.25, 0.3) is 0 Å². The third-order valence-corrected chi connectivity index (χ3v) is 4.05. The first kappa shape index (κ1) is 15.4. The van der Waals surface area contributed by atoms with Crippen LogP contribution in [0.3, 0.4) is 0 Å². The predicted molar refractivity (Wildman–Crippen MR) is 76.9 cm³/mol. The first-order valence-corrected chi connectivity index (χ1v) is 7.78. The van der Waals surface area contributed by atoms with Crippen molar-refractivity contribution in [1.82, 2.24) is 0 Å². The molecular weight excluding hydrogens is 298 g/mol. The lowest BCUT2D eigenvalue weighted by molar-refractivity contribution is 0.594. The van der Waals surface area contributed by atoms with E-state index in [0.29, 0.717) is 12.1 Å². The Labute approximate surface area is 121 Å². The molecule has 0 aromatic heterocycles. The van der Waals surface area contributed by atoms with Crippen molar-refractivity contribution in [2.45, 2.75) is 12.3 Å². The number of benzene rings is 2. The molecule has 2 aromatic rings. The molecule has 21 heavy (non-hydrogen) atoms. The molecule has 0 aliphatic carbocycles. The van der Waals surface area contributed by atoms with E-state index >= 15 is 0 Å². The smallest absolute Gasteiger partial charge is 0.237 e. The lowest BCUT2D eigenvalue weighted by Crippen LogP contribution is -2.16. The molecule has 7 heteroatoms. The van der Waals surface area contributed by atoms with Gasteiger partial charge in [0.2, 0.25) is 10.0 Å². The number of halogens is 2. The van der Waals surface area contributed by atoms with E-state index < -0.39 is 27.3 Å². The second-order valence-corrected chi connectivity index (χ2v) is 6.23. The van der Waals surface area contributed by atoms with Crippen molar-refractivity contribution in [1.29, 1.82) is 0 Å². The molecule has 0 fully saturated rings. The van der Waals surface area contributed by atoms with Gasteiger partial charge in [-0.15, -0.1) is 0 Å². The maximum Gasteiger partial charge on any atom is 0.237 e. The Bertz CT molecular complexity index is 731. The minimum Gasteiger partial charge on any atom is -0.326 e. The first-order valence-electron chi connectivity index (χ1n) is 6.13. The third-order valence-electron chi connectivity index (χ3n) is 2.81. The number of nitrogens with one attached hydrogen (secondary N) is 1.